The highest BCUT2D eigenvalue weighted by molar-refractivity contribution is 8.00. The highest BCUT2D eigenvalue weighted by Crippen LogP contribution is 2.26. The summed E-state index contributed by atoms with van der Waals surface area (Å²) in [6, 6.07) is 9.77. The summed E-state index contributed by atoms with van der Waals surface area (Å²) in [5.74, 6) is -0.0608. The van der Waals surface area contributed by atoms with E-state index < -0.39 is 0 Å². The van der Waals surface area contributed by atoms with E-state index in [1.807, 2.05) is 37.3 Å². The van der Waals surface area contributed by atoms with Gasteiger partial charge in [0.05, 0.1) is 5.25 Å². The highest BCUT2D eigenvalue weighted by atomic mass is 32.2. The largest absolute Gasteiger partial charge is 0.439 e. The number of amides is 1. The standard InChI is InChI=1S/C15H16N2O2S/c1-3-9-16-14(18)11(2)20-15-17-13(10-19-15)12-7-5-4-6-8-12/h3-8,10-11H,1,9H2,2H3,(H,16,18)/t11-/m1/s1. The second-order valence-electron chi connectivity index (χ2n) is 4.16. The van der Waals surface area contributed by atoms with Crippen molar-refractivity contribution in [3.63, 3.8) is 0 Å². The molecule has 2 rings (SSSR count). The summed E-state index contributed by atoms with van der Waals surface area (Å²) in [6.45, 7) is 5.84. The van der Waals surface area contributed by atoms with Crippen LogP contribution in [-0.2, 0) is 4.79 Å². The van der Waals surface area contributed by atoms with E-state index in [1.54, 1.807) is 12.3 Å². The van der Waals surface area contributed by atoms with Crippen LogP contribution in [0.15, 0.2) is 58.9 Å². The van der Waals surface area contributed by atoms with Crippen LogP contribution < -0.4 is 5.32 Å². The zero-order valence-electron chi connectivity index (χ0n) is 11.2. The summed E-state index contributed by atoms with van der Waals surface area (Å²) in [5.41, 5.74) is 1.76. The van der Waals surface area contributed by atoms with E-state index in [2.05, 4.69) is 16.9 Å². The van der Waals surface area contributed by atoms with Crippen LogP contribution in [0, 0.1) is 0 Å². The van der Waals surface area contributed by atoms with Crippen molar-refractivity contribution in [2.24, 2.45) is 0 Å². The monoisotopic (exact) mass is 288 g/mol. The molecule has 0 unspecified atom stereocenters. The molecule has 4 nitrogen and oxygen atoms in total. The summed E-state index contributed by atoms with van der Waals surface area (Å²) in [4.78, 5) is 16.1. The molecule has 1 atom stereocenters. The first-order chi connectivity index (χ1) is 9.70. The molecule has 20 heavy (non-hydrogen) atoms. The van der Waals surface area contributed by atoms with Crippen LogP contribution in [0.3, 0.4) is 0 Å². The van der Waals surface area contributed by atoms with Gasteiger partial charge in [0.15, 0.2) is 0 Å². The number of aromatic nitrogens is 1. The molecule has 0 aliphatic carbocycles. The van der Waals surface area contributed by atoms with Gasteiger partial charge in [-0.15, -0.1) is 6.58 Å². The average Bonchev–Trinajstić information content (AvgIpc) is 2.94. The van der Waals surface area contributed by atoms with Gasteiger partial charge in [0, 0.05) is 12.1 Å². The summed E-state index contributed by atoms with van der Waals surface area (Å²) in [6.07, 6.45) is 3.25. The molecule has 104 valence electrons. The maximum Gasteiger partial charge on any atom is 0.256 e. The molecular weight excluding hydrogens is 272 g/mol. The minimum Gasteiger partial charge on any atom is -0.439 e. The third-order valence-corrected chi connectivity index (χ3v) is 3.58. The first kappa shape index (κ1) is 14.4. The van der Waals surface area contributed by atoms with Crippen LogP contribution >= 0.6 is 11.8 Å². The van der Waals surface area contributed by atoms with Gasteiger partial charge in [-0.05, 0) is 6.92 Å². The number of hydrogen-bond acceptors (Lipinski definition) is 4. The van der Waals surface area contributed by atoms with Gasteiger partial charge in [-0.25, -0.2) is 4.98 Å². The van der Waals surface area contributed by atoms with Crippen LogP contribution in [0.1, 0.15) is 6.92 Å². The smallest absolute Gasteiger partial charge is 0.256 e. The number of oxazole rings is 1. The Hall–Kier alpha value is -2.01. The Morgan fingerprint density at radius 1 is 1.50 bits per heavy atom. The number of rotatable bonds is 6. The van der Waals surface area contributed by atoms with Gasteiger partial charge in [-0.1, -0.05) is 48.2 Å². The first-order valence-electron chi connectivity index (χ1n) is 6.27. The van der Waals surface area contributed by atoms with E-state index in [9.17, 15) is 4.79 Å². The molecule has 1 N–H and O–H groups in total. The lowest BCUT2D eigenvalue weighted by Crippen LogP contribution is -2.30. The van der Waals surface area contributed by atoms with Gasteiger partial charge in [-0.2, -0.15) is 0 Å². The SMILES string of the molecule is C=CCNC(=O)[C@@H](C)Sc1nc(-c2ccccc2)co1. The number of carbonyl (C=O) groups is 1. The molecule has 1 aromatic heterocycles. The molecule has 5 heteroatoms. The molecule has 0 aliphatic heterocycles. The summed E-state index contributed by atoms with van der Waals surface area (Å²) < 4.78 is 5.40. The number of nitrogens with zero attached hydrogens (tertiary/aromatic N) is 1. The molecule has 0 fully saturated rings. The minimum atomic E-state index is -0.266. The van der Waals surface area contributed by atoms with Gasteiger partial charge in [0.2, 0.25) is 5.91 Å². The predicted molar refractivity (Wildman–Crippen MR) is 80.5 cm³/mol. The minimum absolute atomic E-state index is 0.0608. The van der Waals surface area contributed by atoms with Crippen molar-refractivity contribution in [2.75, 3.05) is 6.54 Å². The van der Waals surface area contributed by atoms with Crippen molar-refractivity contribution >= 4 is 17.7 Å². The Morgan fingerprint density at radius 2 is 2.25 bits per heavy atom. The van der Waals surface area contributed by atoms with Crippen LogP contribution in [0.2, 0.25) is 0 Å². The third-order valence-electron chi connectivity index (χ3n) is 2.62. The Balaban J connectivity index is 1.99. The van der Waals surface area contributed by atoms with E-state index >= 15 is 0 Å². The Bertz CT molecular complexity index is 581. The average molecular weight is 288 g/mol. The van der Waals surface area contributed by atoms with E-state index in [1.165, 1.54) is 11.8 Å². The maximum atomic E-state index is 11.7. The van der Waals surface area contributed by atoms with Gasteiger partial charge in [0.1, 0.15) is 12.0 Å². The molecule has 0 saturated heterocycles. The summed E-state index contributed by atoms with van der Waals surface area (Å²) in [5, 5.41) is 2.97. The Morgan fingerprint density at radius 3 is 2.95 bits per heavy atom. The fourth-order valence-electron chi connectivity index (χ4n) is 1.57. The van der Waals surface area contributed by atoms with E-state index in [0.717, 1.165) is 11.3 Å². The lowest BCUT2D eigenvalue weighted by Gasteiger charge is -2.07. The van der Waals surface area contributed by atoms with Crippen LogP contribution in [0.4, 0.5) is 0 Å². The van der Waals surface area contributed by atoms with Gasteiger partial charge in [0.25, 0.3) is 5.22 Å². The molecule has 1 heterocycles. The molecule has 0 saturated carbocycles. The fraction of sp³-hybridized carbons (Fsp3) is 0.200. The molecule has 0 aliphatic rings. The number of benzene rings is 1. The fourth-order valence-corrected chi connectivity index (χ4v) is 2.32. The predicted octanol–water partition coefficient (Wildman–Crippen LogP) is 3.12. The quantitative estimate of drug-likeness (QED) is 0.655. The molecule has 1 aromatic carbocycles. The molecule has 0 radical (unpaired) electrons. The lowest BCUT2D eigenvalue weighted by molar-refractivity contribution is -0.120. The van der Waals surface area contributed by atoms with Crippen molar-refractivity contribution in [1.29, 1.82) is 0 Å². The van der Waals surface area contributed by atoms with E-state index in [-0.39, 0.29) is 11.2 Å². The Labute approximate surface area is 122 Å². The first-order valence-corrected chi connectivity index (χ1v) is 7.15. The molecule has 2 aromatic rings. The van der Waals surface area contributed by atoms with Crippen LogP contribution in [0.5, 0.6) is 0 Å². The van der Waals surface area contributed by atoms with Gasteiger partial charge in [-0.3, -0.25) is 4.79 Å². The number of carbonyl (C=O) groups excluding carboxylic acids is 1. The molecule has 0 bridgehead atoms. The number of hydrogen-bond donors (Lipinski definition) is 1. The number of thioether (sulfide) groups is 1. The van der Waals surface area contributed by atoms with E-state index in [4.69, 9.17) is 4.42 Å². The number of nitrogens with one attached hydrogen (secondary N) is 1. The zero-order valence-corrected chi connectivity index (χ0v) is 12.0. The highest BCUT2D eigenvalue weighted by Gasteiger charge is 2.17. The zero-order chi connectivity index (χ0) is 14.4. The van der Waals surface area contributed by atoms with Crippen molar-refractivity contribution in [2.45, 2.75) is 17.4 Å². The summed E-state index contributed by atoms with van der Waals surface area (Å²) >= 11 is 1.29. The Kier molecular flexibility index (Phi) is 5.01. The van der Waals surface area contributed by atoms with Crippen LogP contribution in [0.25, 0.3) is 11.3 Å². The second kappa shape index (κ2) is 6.96. The van der Waals surface area contributed by atoms with Crippen LogP contribution in [-0.4, -0.2) is 22.7 Å². The van der Waals surface area contributed by atoms with Gasteiger partial charge < -0.3 is 9.73 Å². The lowest BCUT2D eigenvalue weighted by atomic mass is 10.2. The molecule has 0 spiro atoms. The molecular formula is C15H16N2O2S. The summed E-state index contributed by atoms with van der Waals surface area (Å²) in [7, 11) is 0. The van der Waals surface area contributed by atoms with Gasteiger partial charge >= 0.3 is 0 Å². The maximum absolute atomic E-state index is 11.7. The topological polar surface area (TPSA) is 55.1 Å². The van der Waals surface area contributed by atoms with Crippen molar-refractivity contribution < 1.29 is 9.21 Å². The third kappa shape index (κ3) is 3.74. The van der Waals surface area contributed by atoms with Crippen molar-refractivity contribution in [3.05, 3.63) is 49.2 Å². The van der Waals surface area contributed by atoms with Crippen molar-refractivity contribution in [3.8, 4) is 11.3 Å². The normalized spacial score (nSPS) is 11.8. The second-order valence-corrected chi connectivity index (χ2v) is 5.45. The van der Waals surface area contributed by atoms with Crippen molar-refractivity contribution in [1.82, 2.24) is 10.3 Å². The molecule has 1 amide bonds. The van der Waals surface area contributed by atoms with E-state index in [0.29, 0.717) is 11.8 Å².